The molecule has 0 radical (unpaired) electrons. The van der Waals surface area contributed by atoms with E-state index in [1.807, 2.05) is 19.9 Å². The molecular weight excluding hydrogens is 531 g/mol. The molecule has 0 spiro atoms. The summed E-state index contributed by atoms with van der Waals surface area (Å²) >= 11 is 3.64. The maximum Gasteiger partial charge on any atom is 0.209 e. The maximum atomic E-state index is 11.4. The molecule has 6 nitrogen and oxygen atoms in total. The van der Waals surface area contributed by atoms with E-state index in [-0.39, 0.29) is 29.4 Å². The Balaban J connectivity index is 0.00000338. The number of rotatable bonds is 7. The van der Waals surface area contributed by atoms with E-state index in [1.54, 1.807) is 7.05 Å². The van der Waals surface area contributed by atoms with E-state index in [4.69, 9.17) is 0 Å². The lowest BCUT2D eigenvalue weighted by atomic mass is 9.96. The number of nitrogens with zero attached hydrogens (tertiary/aromatic N) is 1. The van der Waals surface area contributed by atoms with Crippen molar-refractivity contribution in [2.24, 2.45) is 4.99 Å². The van der Waals surface area contributed by atoms with E-state index in [1.165, 1.54) is 5.56 Å². The third-order valence-electron chi connectivity index (χ3n) is 4.28. The summed E-state index contributed by atoms with van der Waals surface area (Å²) in [6.07, 6.45) is 3.44. The lowest BCUT2D eigenvalue weighted by Gasteiger charge is -2.27. The molecule has 0 aliphatic heterocycles. The first-order valence-corrected chi connectivity index (χ1v) is 10.9. The van der Waals surface area contributed by atoms with Crippen LogP contribution in [0.3, 0.4) is 0 Å². The summed E-state index contributed by atoms with van der Waals surface area (Å²) < 4.78 is 26.6. The highest BCUT2D eigenvalue weighted by Crippen LogP contribution is 2.49. The summed E-state index contributed by atoms with van der Waals surface area (Å²) in [5.74, 6) is 0.668. The molecule has 2 rings (SSSR count). The lowest BCUT2D eigenvalue weighted by molar-refractivity contribution is 0.446. The summed E-state index contributed by atoms with van der Waals surface area (Å²) in [6.45, 7) is 4.88. The number of sulfonamides is 1. The highest BCUT2D eigenvalue weighted by molar-refractivity contribution is 14.0. The van der Waals surface area contributed by atoms with E-state index >= 15 is 0 Å². The van der Waals surface area contributed by atoms with Crippen molar-refractivity contribution in [3.63, 3.8) is 0 Å². The van der Waals surface area contributed by atoms with Crippen LogP contribution in [0.4, 0.5) is 0 Å². The zero-order chi connectivity index (χ0) is 18.7. The zero-order valence-electron chi connectivity index (χ0n) is 15.6. The molecule has 1 fully saturated rings. The van der Waals surface area contributed by atoms with Gasteiger partial charge in [0.25, 0.3) is 0 Å². The van der Waals surface area contributed by atoms with E-state index < -0.39 is 15.6 Å². The van der Waals surface area contributed by atoms with Crippen LogP contribution in [0.2, 0.25) is 0 Å². The molecular formula is C17H28BrIN4O2S. The Kier molecular flexibility index (Phi) is 8.37. The fourth-order valence-electron chi connectivity index (χ4n) is 2.90. The third-order valence-corrected chi connectivity index (χ3v) is 5.89. The van der Waals surface area contributed by atoms with Crippen molar-refractivity contribution in [3.05, 3.63) is 34.3 Å². The average molecular weight is 559 g/mol. The molecule has 1 saturated carbocycles. The smallest absolute Gasteiger partial charge is 0.209 e. The first kappa shape index (κ1) is 23.6. The van der Waals surface area contributed by atoms with Gasteiger partial charge in [-0.1, -0.05) is 34.1 Å². The standard InChI is InChI=1S/C17H27BrN4O2S.HI/c1-16(2,22-25(4,23)24)11-20-15(19-3)21-12-17(9-10-17)13-7-5-6-8-14(13)18;/h5-8,22H,9-12H2,1-4H3,(H2,19,20,21);1H. The number of halogens is 2. The van der Waals surface area contributed by atoms with Crippen LogP contribution in [0, 0.1) is 0 Å². The quantitative estimate of drug-likeness (QED) is 0.273. The fraction of sp³-hybridized carbons (Fsp3) is 0.588. The van der Waals surface area contributed by atoms with Gasteiger partial charge in [0.05, 0.1) is 6.26 Å². The third kappa shape index (κ3) is 6.97. The predicted molar refractivity (Wildman–Crippen MR) is 122 cm³/mol. The molecule has 0 unspecified atom stereocenters. The molecule has 0 amide bonds. The van der Waals surface area contributed by atoms with E-state index in [0.717, 1.165) is 30.1 Å². The van der Waals surface area contributed by atoms with Gasteiger partial charge in [0.2, 0.25) is 10.0 Å². The monoisotopic (exact) mass is 558 g/mol. The topological polar surface area (TPSA) is 82.6 Å². The Morgan fingerprint density at radius 1 is 1.27 bits per heavy atom. The first-order valence-electron chi connectivity index (χ1n) is 8.25. The number of aliphatic imine (C=N–C) groups is 1. The van der Waals surface area contributed by atoms with Gasteiger partial charge in [0, 0.05) is 35.6 Å². The number of guanidine groups is 1. The Morgan fingerprint density at radius 2 is 1.88 bits per heavy atom. The zero-order valence-corrected chi connectivity index (χ0v) is 20.3. The van der Waals surface area contributed by atoms with Crippen molar-refractivity contribution in [3.8, 4) is 0 Å². The van der Waals surface area contributed by atoms with Crippen LogP contribution >= 0.6 is 39.9 Å². The molecule has 1 aliphatic carbocycles. The molecule has 0 heterocycles. The minimum atomic E-state index is -3.26. The van der Waals surface area contributed by atoms with E-state index in [0.29, 0.717) is 12.5 Å². The van der Waals surface area contributed by atoms with Crippen LogP contribution in [-0.4, -0.2) is 46.3 Å². The van der Waals surface area contributed by atoms with Crippen LogP contribution in [0.5, 0.6) is 0 Å². The number of hydrogen-bond donors (Lipinski definition) is 3. The summed E-state index contributed by atoms with van der Waals surface area (Å²) in [7, 11) is -1.55. The van der Waals surface area contributed by atoms with Gasteiger partial charge in [0.1, 0.15) is 0 Å². The van der Waals surface area contributed by atoms with Crippen LogP contribution in [0.15, 0.2) is 33.7 Å². The highest BCUT2D eigenvalue weighted by Gasteiger charge is 2.45. The van der Waals surface area contributed by atoms with Gasteiger partial charge in [-0.2, -0.15) is 0 Å². The molecule has 0 aromatic heterocycles. The van der Waals surface area contributed by atoms with Gasteiger partial charge >= 0.3 is 0 Å². The minimum absolute atomic E-state index is 0. The van der Waals surface area contributed by atoms with Crippen molar-refractivity contribution < 1.29 is 8.42 Å². The Labute approximate surface area is 182 Å². The average Bonchev–Trinajstić information content (AvgIpc) is 3.26. The first-order chi connectivity index (χ1) is 11.6. The van der Waals surface area contributed by atoms with Crippen LogP contribution in [0.25, 0.3) is 0 Å². The molecule has 148 valence electrons. The molecule has 26 heavy (non-hydrogen) atoms. The van der Waals surface area contributed by atoms with Gasteiger partial charge in [-0.25, -0.2) is 13.1 Å². The molecule has 1 aromatic rings. The maximum absolute atomic E-state index is 11.4. The van der Waals surface area contributed by atoms with Gasteiger partial charge in [-0.15, -0.1) is 24.0 Å². The van der Waals surface area contributed by atoms with Crippen LogP contribution < -0.4 is 15.4 Å². The number of benzene rings is 1. The second-order valence-corrected chi connectivity index (χ2v) is 9.90. The Bertz CT molecular complexity index is 749. The van der Waals surface area contributed by atoms with Crippen LogP contribution in [-0.2, 0) is 15.4 Å². The SMILES string of the molecule is CN=C(NCC(C)(C)NS(C)(=O)=O)NCC1(c2ccccc2Br)CC1.I. The molecule has 1 aliphatic rings. The number of hydrogen-bond acceptors (Lipinski definition) is 3. The van der Waals surface area contributed by atoms with E-state index in [2.05, 4.69) is 54.5 Å². The Morgan fingerprint density at radius 3 is 2.38 bits per heavy atom. The van der Waals surface area contributed by atoms with E-state index in [9.17, 15) is 8.42 Å². The Hall–Kier alpha value is -0.390. The van der Waals surface area contributed by atoms with Gasteiger partial charge in [0.15, 0.2) is 5.96 Å². The molecule has 9 heteroatoms. The van der Waals surface area contributed by atoms with Gasteiger partial charge < -0.3 is 10.6 Å². The lowest BCUT2D eigenvalue weighted by Crippen LogP contribution is -2.53. The fourth-order valence-corrected chi connectivity index (χ4v) is 4.68. The molecule has 0 saturated heterocycles. The second kappa shape index (κ2) is 9.20. The molecule has 0 bridgehead atoms. The summed E-state index contributed by atoms with van der Waals surface area (Å²) in [6, 6.07) is 8.32. The summed E-state index contributed by atoms with van der Waals surface area (Å²) in [5, 5.41) is 6.57. The summed E-state index contributed by atoms with van der Waals surface area (Å²) in [4.78, 5) is 4.24. The van der Waals surface area contributed by atoms with Gasteiger partial charge in [-0.05, 0) is 38.3 Å². The van der Waals surface area contributed by atoms with Gasteiger partial charge in [-0.3, -0.25) is 4.99 Å². The highest BCUT2D eigenvalue weighted by atomic mass is 127. The summed E-state index contributed by atoms with van der Waals surface area (Å²) in [5.41, 5.74) is 0.848. The van der Waals surface area contributed by atoms with Crippen molar-refractivity contribution >= 4 is 55.9 Å². The normalized spacial score (nSPS) is 16.6. The van der Waals surface area contributed by atoms with Crippen molar-refractivity contribution in [2.45, 2.75) is 37.6 Å². The largest absolute Gasteiger partial charge is 0.356 e. The predicted octanol–water partition coefficient (Wildman–Crippen LogP) is 2.59. The molecule has 0 atom stereocenters. The number of nitrogens with one attached hydrogen (secondary N) is 3. The second-order valence-electron chi connectivity index (χ2n) is 7.30. The van der Waals surface area contributed by atoms with Crippen molar-refractivity contribution in [1.29, 1.82) is 0 Å². The van der Waals surface area contributed by atoms with Crippen LogP contribution in [0.1, 0.15) is 32.3 Å². The molecule has 3 N–H and O–H groups in total. The minimum Gasteiger partial charge on any atom is -0.356 e. The van der Waals surface area contributed by atoms with Crippen molar-refractivity contribution in [2.75, 3.05) is 26.4 Å². The van der Waals surface area contributed by atoms with Crippen molar-refractivity contribution in [1.82, 2.24) is 15.4 Å². The molecule has 1 aromatic carbocycles.